The first-order chi connectivity index (χ1) is 15.0. The maximum atomic E-state index is 13.3. The van der Waals surface area contributed by atoms with E-state index in [1.165, 1.54) is 7.11 Å². The van der Waals surface area contributed by atoms with Gasteiger partial charge in [-0.25, -0.2) is 9.79 Å². The highest BCUT2D eigenvalue weighted by Crippen LogP contribution is 2.31. The standard InChI is InChI=1S/C24H16BrClN2O3/c1-31-24(30)16-11-9-15(10-12-16)13-21-23(29)28(18-6-4-5-17(25)14-18)22(27-21)19-7-2-3-8-20(19)26/h2-14H,1H3/b21-13+. The third kappa shape index (κ3) is 4.31. The Labute approximate surface area is 192 Å². The summed E-state index contributed by atoms with van der Waals surface area (Å²) in [6.45, 7) is 0. The quantitative estimate of drug-likeness (QED) is 0.343. The molecule has 0 saturated carbocycles. The van der Waals surface area contributed by atoms with Gasteiger partial charge in [-0.2, -0.15) is 0 Å². The lowest BCUT2D eigenvalue weighted by atomic mass is 10.1. The Morgan fingerprint density at radius 3 is 2.48 bits per heavy atom. The Balaban J connectivity index is 1.79. The van der Waals surface area contributed by atoms with Gasteiger partial charge in [-0.15, -0.1) is 0 Å². The Morgan fingerprint density at radius 1 is 1.06 bits per heavy atom. The minimum atomic E-state index is -0.420. The molecular formula is C24H16BrClN2O3. The first-order valence-corrected chi connectivity index (χ1v) is 10.5. The van der Waals surface area contributed by atoms with Gasteiger partial charge >= 0.3 is 5.97 Å². The Bertz CT molecular complexity index is 1240. The zero-order chi connectivity index (χ0) is 22.0. The summed E-state index contributed by atoms with van der Waals surface area (Å²) in [5, 5.41) is 0.498. The van der Waals surface area contributed by atoms with Crippen molar-refractivity contribution in [1.82, 2.24) is 0 Å². The van der Waals surface area contributed by atoms with E-state index in [2.05, 4.69) is 20.9 Å². The Kier molecular flexibility index (Phi) is 6.02. The molecule has 0 aromatic heterocycles. The van der Waals surface area contributed by atoms with Crippen molar-refractivity contribution in [3.05, 3.63) is 105 Å². The number of rotatable bonds is 4. The van der Waals surface area contributed by atoms with E-state index < -0.39 is 5.97 Å². The summed E-state index contributed by atoms with van der Waals surface area (Å²) >= 11 is 9.87. The number of anilines is 1. The molecule has 3 aromatic rings. The molecule has 3 aromatic carbocycles. The molecule has 1 aliphatic heterocycles. The van der Waals surface area contributed by atoms with Gasteiger partial charge in [0.25, 0.3) is 5.91 Å². The molecule has 7 heteroatoms. The third-order valence-electron chi connectivity index (χ3n) is 4.68. The highest BCUT2D eigenvalue weighted by Gasteiger charge is 2.33. The fourth-order valence-corrected chi connectivity index (χ4v) is 3.79. The number of benzene rings is 3. The van der Waals surface area contributed by atoms with Gasteiger partial charge in [-0.3, -0.25) is 9.69 Å². The minimum absolute atomic E-state index is 0.265. The molecule has 1 heterocycles. The van der Waals surface area contributed by atoms with Crippen molar-refractivity contribution in [2.24, 2.45) is 4.99 Å². The summed E-state index contributed by atoms with van der Waals surface area (Å²) in [4.78, 5) is 31.2. The maximum absolute atomic E-state index is 13.3. The molecule has 0 saturated heterocycles. The lowest BCUT2D eigenvalue weighted by Crippen LogP contribution is -2.32. The van der Waals surface area contributed by atoms with Crippen molar-refractivity contribution < 1.29 is 14.3 Å². The van der Waals surface area contributed by atoms with E-state index in [0.29, 0.717) is 27.7 Å². The molecule has 31 heavy (non-hydrogen) atoms. The smallest absolute Gasteiger partial charge is 0.337 e. The van der Waals surface area contributed by atoms with Crippen LogP contribution in [0.25, 0.3) is 6.08 Å². The zero-order valence-corrected chi connectivity index (χ0v) is 18.7. The molecule has 0 unspecified atom stereocenters. The van der Waals surface area contributed by atoms with Crippen molar-refractivity contribution in [2.45, 2.75) is 0 Å². The molecule has 0 fully saturated rings. The number of aliphatic imine (C=N–C) groups is 1. The van der Waals surface area contributed by atoms with Crippen LogP contribution in [0.5, 0.6) is 0 Å². The highest BCUT2D eigenvalue weighted by molar-refractivity contribution is 9.10. The summed E-state index contributed by atoms with van der Waals surface area (Å²) < 4.78 is 5.56. The number of hydrogen-bond donors (Lipinski definition) is 0. The van der Waals surface area contributed by atoms with Crippen molar-refractivity contribution in [3.8, 4) is 0 Å². The average molecular weight is 496 g/mol. The Hall–Kier alpha value is -3.22. The summed E-state index contributed by atoms with van der Waals surface area (Å²) in [5.74, 6) is -0.243. The predicted octanol–water partition coefficient (Wildman–Crippen LogP) is 5.72. The van der Waals surface area contributed by atoms with Crippen LogP contribution in [0.2, 0.25) is 5.02 Å². The summed E-state index contributed by atoms with van der Waals surface area (Å²) in [5.41, 5.74) is 2.75. The number of hydrogen-bond acceptors (Lipinski definition) is 4. The molecule has 4 rings (SSSR count). The van der Waals surface area contributed by atoms with Crippen LogP contribution in [0.3, 0.4) is 0 Å². The van der Waals surface area contributed by atoms with E-state index in [1.54, 1.807) is 41.3 Å². The largest absolute Gasteiger partial charge is 0.465 e. The maximum Gasteiger partial charge on any atom is 0.337 e. The number of amides is 1. The van der Waals surface area contributed by atoms with Gasteiger partial charge in [0.05, 0.1) is 23.4 Å². The molecule has 0 aliphatic carbocycles. The molecule has 0 atom stereocenters. The number of methoxy groups -OCH3 is 1. The number of carbonyl (C=O) groups excluding carboxylic acids is 2. The van der Waals surface area contributed by atoms with Crippen LogP contribution in [0.15, 0.2) is 88.0 Å². The lowest BCUT2D eigenvalue weighted by Gasteiger charge is -2.19. The summed E-state index contributed by atoms with van der Waals surface area (Å²) in [7, 11) is 1.33. The second-order valence-corrected chi connectivity index (χ2v) is 8.00. The minimum Gasteiger partial charge on any atom is -0.465 e. The second kappa shape index (κ2) is 8.88. The first kappa shape index (κ1) is 21.0. The topological polar surface area (TPSA) is 59.0 Å². The normalized spacial score (nSPS) is 14.7. The van der Waals surface area contributed by atoms with Crippen LogP contribution in [-0.4, -0.2) is 24.8 Å². The van der Waals surface area contributed by atoms with E-state index in [-0.39, 0.29) is 11.6 Å². The average Bonchev–Trinajstić information content (AvgIpc) is 3.09. The lowest BCUT2D eigenvalue weighted by molar-refractivity contribution is -0.113. The molecule has 1 amide bonds. The highest BCUT2D eigenvalue weighted by atomic mass is 79.9. The van der Waals surface area contributed by atoms with Gasteiger partial charge in [-0.1, -0.05) is 57.9 Å². The molecular weight excluding hydrogens is 480 g/mol. The van der Waals surface area contributed by atoms with Crippen LogP contribution in [0, 0.1) is 0 Å². The molecule has 1 aliphatic rings. The van der Waals surface area contributed by atoms with Crippen molar-refractivity contribution >= 4 is 57.0 Å². The number of halogens is 2. The third-order valence-corrected chi connectivity index (χ3v) is 5.50. The van der Waals surface area contributed by atoms with Crippen LogP contribution in [0.1, 0.15) is 21.5 Å². The van der Waals surface area contributed by atoms with Gasteiger partial charge < -0.3 is 4.74 Å². The van der Waals surface area contributed by atoms with E-state index in [1.807, 2.05) is 42.5 Å². The Morgan fingerprint density at radius 2 is 1.81 bits per heavy atom. The van der Waals surface area contributed by atoms with Crippen LogP contribution >= 0.6 is 27.5 Å². The summed E-state index contributed by atoms with van der Waals surface area (Å²) in [6, 6.07) is 21.4. The van der Waals surface area contributed by atoms with Crippen LogP contribution in [-0.2, 0) is 9.53 Å². The van der Waals surface area contributed by atoms with Gasteiger partial charge in [0.1, 0.15) is 11.5 Å². The molecule has 0 bridgehead atoms. The number of carbonyl (C=O) groups is 2. The van der Waals surface area contributed by atoms with Crippen molar-refractivity contribution in [1.29, 1.82) is 0 Å². The van der Waals surface area contributed by atoms with Crippen LogP contribution < -0.4 is 4.90 Å². The van der Waals surface area contributed by atoms with E-state index in [4.69, 9.17) is 16.3 Å². The number of nitrogens with zero attached hydrogens (tertiary/aromatic N) is 2. The van der Waals surface area contributed by atoms with Gasteiger partial charge in [0.15, 0.2) is 0 Å². The fourth-order valence-electron chi connectivity index (χ4n) is 3.19. The predicted molar refractivity (Wildman–Crippen MR) is 125 cm³/mol. The monoisotopic (exact) mass is 494 g/mol. The number of ether oxygens (including phenoxy) is 1. The van der Waals surface area contributed by atoms with E-state index in [0.717, 1.165) is 10.0 Å². The molecule has 0 radical (unpaired) electrons. The van der Waals surface area contributed by atoms with Gasteiger partial charge in [-0.05, 0) is 54.1 Å². The van der Waals surface area contributed by atoms with Crippen LogP contribution in [0.4, 0.5) is 5.69 Å². The van der Waals surface area contributed by atoms with Gasteiger partial charge in [0.2, 0.25) is 0 Å². The van der Waals surface area contributed by atoms with E-state index >= 15 is 0 Å². The molecule has 5 nitrogen and oxygen atoms in total. The second-order valence-electron chi connectivity index (χ2n) is 6.68. The zero-order valence-electron chi connectivity index (χ0n) is 16.4. The first-order valence-electron chi connectivity index (χ1n) is 9.31. The van der Waals surface area contributed by atoms with Crippen molar-refractivity contribution in [3.63, 3.8) is 0 Å². The number of amidine groups is 1. The summed E-state index contributed by atoms with van der Waals surface area (Å²) in [6.07, 6.45) is 1.68. The molecule has 154 valence electrons. The molecule has 0 N–H and O–H groups in total. The molecule has 0 spiro atoms. The fraction of sp³-hybridized carbons (Fsp3) is 0.0417. The van der Waals surface area contributed by atoms with Gasteiger partial charge in [0, 0.05) is 10.0 Å². The number of esters is 1. The van der Waals surface area contributed by atoms with E-state index in [9.17, 15) is 9.59 Å². The SMILES string of the molecule is COC(=O)c1ccc(/C=C2/N=C(c3ccccc3Cl)N(c3cccc(Br)c3)C2=O)cc1. The van der Waals surface area contributed by atoms with Crippen molar-refractivity contribution in [2.75, 3.05) is 12.0 Å².